The van der Waals surface area contributed by atoms with E-state index in [1.54, 1.807) is 12.1 Å². The standard InChI is InChI=1S/C27H19FO4S/c28-22-10-3-4-11-23(22)31-14-15-32-25(29)16-33-24-13-12-18-17-6-1-2-7-19(17)27(30)21-9-5-8-20(24)26(18)21/h1-13H,14-16H2. The minimum Gasteiger partial charge on any atom is -0.487 e. The van der Waals surface area contributed by atoms with E-state index in [1.165, 1.54) is 23.9 Å². The fourth-order valence-electron chi connectivity index (χ4n) is 4.03. The molecule has 0 amide bonds. The maximum absolute atomic E-state index is 13.5. The molecule has 0 bridgehead atoms. The second-order valence-electron chi connectivity index (χ2n) is 7.50. The minimum atomic E-state index is -0.455. The molecule has 0 atom stereocenters. The quantitative estimate of drug-likeness (QED) is 0.173. The van der Waals surface area contributed by atoms with Gasteiger partial charge in [0.25, 0.3) is 0 Å². The molecule has 0 aliphatic heterocycles. The highest BCUT2D eigenvalue weighted by Gasteiger charge is 2.25. The van der Waals surface area contributed by atoms with Crippen molar-refractivity contribution < 1.29 is 23.5 Å². The van der Waals surface area contributed by atoms with E-state index < -0.39 is 5.82 Å². The molecule has 5 rings (SSSR count). The molecule has 4 aromatic carbocycles. The van der Waals surface area contributed by atoms with Crippen LogP contribution >= 0.6 is 11.8 Å². The van der Waals surface area contributed by atoms with E-state index in [9.17, 15) is 14.0 Å². The Bertz CT molecular complexity index is 1380. The zero-order valence-corrected chi connectivity index (χ0v) is 18.4. The zero-order valence-electron chi connectivity index (χ0n) is 17.5. The highest BCUT2D eigenvalue weighted by Crippen LogP contribution is 2.42. The molecule has 0 aromatic heterocycles. The molecule has 0 N–H and O–H groups in total. The molecule has 33 heavy (non-hydrogen) atoms. The Hall–Kier alpha value is -3.64. The first-order valence-corrected chi connectivity index (χ1v) is 11.5. The molecule has 1 aliphatic rings. The number of fused-ring (bicyclic) bond motifs is 2. The topological polar surface area (TPSA) is 52.6 Å². The summed E-state index contributed by atoms with van der Waals surface area (Å²) in [4.78, 5) is 26.2. The van der Waals surface area contributed by atoms with E-state index in [1.807, 2.05) is 54.6 Å². The molecule has 164 valence electrons. The molecular weight excluding hydrogens is 439 g/mol. The molecule has 0 saturated heterocycles. The van der Waals surface area contributed by atoms with Crippen molar-refractivity contribution in [2.45, 2.75) is 4.90 Å². The number of benzene rings is 4. The van der Waals surface area contributed by atoms with Crippen LogP contribution in [0.5, 0.6) is 5.75 Å². The predicted molar refractivity (Wildman–Crippen MR) is 126 cm³/mol. The SMILES string of the molecule is O=C(CSc1ccc2c3c(cccc13)C(=O)c1ccccc1-2)OCCOc1ccccc1F. The molecule has 0 radical (unpaired) electrons. The molecule has 4 aromatic rings. The number of rotatable bonds is 7. The van der Waals surface area contributed by atoms with Crippen molar-refractivity contribution in [2.75, 3.05) is 19.0 Å². The summed E-state index contributed by atoms with van der Waals surface area (Å²) in [5.41, 5.74) is 3.33. The minimum absolute atomic E-state index is 0.0140. The maximum atomic E-state index is 13.5. The summed E-state index contributed by atoms with van der Waals surface area (Å²) in [5, 5.41) is 1.85. The summed E-state index contributed by atoms with van der Waals surface area (Å²) in [5.74, 6) is -0.589. The second kappa shape index (κ2) is 9.08. The highest BCUT2D eigenvalue weighted by atomic mass is 32.2. The van der Waals surface area contributed by atoms with Gasteiger partial charge < -0.3 is 9.47 Å². The lowest BCUT2D eigenvalue weighted by molar-refractivity contribution is -0.141. The lowest BCUT2D eigenvalue weighted by Gasteiger charge is -2.21. The van der Waals surface area contributed by atoms with Gasteiger partial charge in [-0.1, -0.05) is 60.7 Å². The van der Waals surface area contributed by atoms with Crippen LogP contribution in [0.3, 0.4) is 0 Å². The fraction of sp³-hybridized carbons (Fsp3) is 0.111. The van der Waals surface area contributed by atoms with Gasteiger partial charge in [0.1, 0.15) is 13.2 Å². The van der Waals surface area contributed by atoms with Gasteiger partial charge >= 0.3 is 5.97 Å². The number of halogens is 1. The Balaban J connectivity index is 1.27. The van der Waals surface area contributed by atoms with Crippen LogP contribution in [0.25, 0.3) is 21.9 Å². The van der Waals surface area contributed by atoms with Crippen LogP contribution in [-0.4, -0.2) is 30.7 Å². The first kappa shape index (κ1) is 21.2. The smallest absolute Gasteiger partial charge is 0.316 e. The second-order valence-corrected chi connectivity index (χ2v) is 8.52. The van der Waals surface area contributed by atoms with Crippen LogP contribution in [0, 0.1) is 5.82 Å². The van der Waals surface area contributed by atoms with Crippen molar-refractivity contribution in [1.82, 2.24) is 0 Å². The van der Waals surface area contributed by atoms with Gasteiger partial charge in [-0.05, 0) is 34.7 Å². The number of esters is 1. The third-order valence-corrected chi connectivity index (χ3v) is 6.54. The van der Waals surface area contributed by atoms with E-state index in [-0.39, 0.29) is 36.5 Å². The van der Waals surface area contributed by atoms with Gasteiger partial charge in [0, 0.05) is 21.4 Å². The Morgan fingerprint density at radius 2 is 1.55 bits per heavy atom. The average molecular weight is 459 g/mol. The van der Waals surface area contributed by atoms with Gasteiger partial charge in [0.05, 0.1) is 5.75 Å². The van der Waals surface area contributed by atoms with Gasteiger partial charge in [-0.2, -0.15) is 0 Å². The maximum Gasteiger partial charge on any atom is 0.316 e. The van der Waals surface area contributed by atoms with E-state index in [0.717, 1.165) is 26.8 Å². The van der Waals surface area contributed by atoms with Gasteiger partial charge in [-0.3, -0.25) is 9.59 Å². The zero-order chi connectivity index (χ0) is 22.8. The number of thioether (sulfide) groups is 1. The first-order valence-electron chi connectivity index (χ1n) is 10.5. The predicted octanol–water partition coefficient (Wildman–Crippen LogP) is 5.90. The van der Waals surface area contributed by atoms with Crippen molar-refractivity contribution in [2.24, 2.45) is 0 Å². The van der Waals surface area contributed by atoms with Crippen LogP contribution in [0.1, 0.15) is 15.9 Å². The monoisotopic (exact) mass is 458 g/mol. The number of carbonyl (C=O) groups excluding carboxylic acids is 2. The number of carbonyl (C=O) groups is 2. The first-order chi connectivity index (χ1) is 16.1. The average Bonchev–Trinajstić information content (AvgIpc) is 2.85. The molecule has 1 aliphatic carbocycles. The molecular formula is C27H19FO4S. The van der Waals surface area contributed by atoms with Crippen molar-refractivity contribution in [3.8, 4) is 16.9 Å². The Labute approximate surface area is 194 Å². The van der Waals surface area contributed by atoms with E-state index >= 15 is 0 Å². The summed E-state index contributed by atoms with van der Waals surface area (Å²) in [6.45, 7) is 0.0999. The molecule has 0 saturated carbocycles. The summed E-state index contributed by atoms with van der Waals surface area (Å²) in [6.07, 6.45) is 0. The van der Waals surface area contributed by atoms with Crippen LogP contribution in [0.4, 0.5) is 4.39 Å². The van der Waals surface area contributed by atoms with Crippen molar-refractivity contribution >= 4 is 34.3 Å². The molecule has 0 fully saturated rings. The Morgan fingerprint density at radius 3 is 2.39 bits per heavy atom. The Morgan fingerprint density at radius 1 is 0.788 bits per heavy atom. The number of ketones is 1. The largest absolute Gasteiger partial charge is 0.487 e. The summed E-state index contributed by atoms with van der Waals surface area (Å²) in [7, 11) is 0. The third kappa shape index (κ3) is 4.10. The normalized spacial score (nSPS) is 11.8. The number of ether oxygens (including phenoxy) is 2. The van der Waals surface area contributed by atoms with Gasteiger partial charge in [-0.15, -0.1) is 11.8 Å². The van der Waals surface area contributed by atoms with Crippen LogP contribution < -0.4 is 4.74 Å². The summed E-state index contributed by atoms with van der Waals surface area (Å²) >= 11 is 1.36. The summed E-state index contributed by atoms with van der Waals surface area (Å²) in [6, 6.07) is 23.4. The number of para-hydroxylation sites is 1. The van der Waals surface area contributed by atoms with Crippen molar-refractivity contribution in [3.63, 3.8) is 0 Å². The van der Waals surface area contributed by atoms with Gasteiger partial charge in [-0.25, -0.2) is 4.39 Å². The number of hydrogen-bond acceptors (Lipinski definition) is 5. The van der Waals surface area contributed by atoms with Crippen LogP contribution in [-0.2, 0) is 9.53 Å². The van der Waals surface area contributed by atoms with Crippen LogP contribution in [0.15, 0.2) is 83.8 Å². The lowest BCUT2D eigenvalue weighted by Crippen LogP contribution is -2.14. The number of hydrogen-bond donors (Lipinski definition) is 0. The highest BCUT2D eigenvalue weighted by molar-refractivity contribution is 8.00. The molecule has 0 heterocycles. The van der Waals surface area contributed by atoms with E-state index in [2.05, 4.69) is 0 Å². The van der Waals surface area contributed by atoms with E-state index in [0.29, 0.717) is 11.1 Å². The fourth-order valence-corrected chi connectivity index (χ4v) is 4.87. The summed E-state index contributed by atoms with van der Waals surface area (Å²) < 4.78 is 24.1. The lowest BCUT2D eigenvalue weighted by atomic mass is 9.83. The van der Waals surface area contributed by atoms with E-state index in [4.69, 9.17) is 9.47 Å². The third-order valence-electron chi connectivity index (χ3n) is 5.49. The molecule has 6 heteroatoms. The van der Waals surface area contributed by atoms with Crippen molar-refractivity contribution in [1.29, 1.82) is 0 Å². The van der Waals surface area contributed by atoms with Crippen molar-refractivity contribution in [3.05, 3.63) is 95.8 Å². The molecule has 0 spiro atoms. The Kier molecular flexibility index (Phi) is 5.84. The van der Waals surface area contributed by atoms with Gasteiger partial charge in [0.2, 0.25) is 0 Å². The van der Waals surface area contributed by atoms with Crippen LogP contribution in [0.2, 0.25) is 0 Å². The molecule has 4 nitrogen and oxygen atoms in total. The molecule has 0 unspecified atom stereocenters. The van der Waals surface area contributed by atoms with Gasteiger partial charge in [0.15, 0.2) is 17.3 Å².